The molecule has 0 N–H and O–H groups in total. The Bertz CT molecular complexity index is 414. The highest BCUT2D eigenvalue weighted by molar-refractivity contribution is 6.17. The molecule has 104 valence electrons. The van der Waals surface area contributed by atoms with Gasteiger partial charge in [-0.1, -0.05) is 24.3 Å². The zero-order chi connectivity index (χ0) is 14.1. The zero-order valence-corrected chi connectivity index (χ0v) is 11.6. The number of hydrogen-bond donors (Lipinski definition) is 0. The molecule has 0 aliphatic rings. The first-order chi connectivity index (χ1) is 9.15. The average Bonchev–Trinajstić information content (AvgIpc) is 2.44. The van der Waals surface area contributed by atoms with E-state index in [4.69, 9.17) is 21.1 Å². The Kier molecular flexibility index (Phi) is 6.97. The highest BCUT2D eigenvalue weighted by atomic mass is 35.5. The van der Waals surface area contributed by atoms with Crippen molar-refractivity contribution in [3.05, 3.63) is 35.4 Å². The summed E-state index contributed by atoms with van der Waals surface area (Å²) in [6.45, 7) is 2.24. The molecular weight excluding hydrogens is 268 g/mol. The Labute approximate surface area is 117 Å². The van der Waals surface area contributed by atoms with Crippen LogP contribution in [0.15, 0.2) is 24.3 Å². The third-order valence-corrected chi connectivity index (χ3v) is 2.72. The van der Waals surface area contributed by atoms with Crippen molar-refractivity contribution in [2.75, 3.05) is 6.61 Å². The molecule has 0 heterocycles. The molecule has 4 nitrogen and oxygen atoms in total. The maximum absolute atomic E-state index is 11.4. The number of hydrogen-bond acceptors (Lipinski definition) is 4. The molecule has 19 heavy (non-hydrogen) atoms. The van der Waals surface area contributed by atoms with Crippen molar-refractivity contribution in [2.45, 2.75) is 32.3 Å². The molecule has 5 heteroatoms. The number of halogens is 1. The number of ether oxygens (including phenoxy) is 2. The van der Waals surface area contributed by atoms with Crippen LogP contribution in [-0.4, -0.2) is 18.5 Å². The van der Waals surface area contributed by atoms with E-state index in [0.717, 1.165) is 11.1 Å². The fraction of sp³-hybridized carbons (Fsp3) is 0.429. The fourth-order valence-corrected chi connectivity index (χ4v) is 1.58. The molecule has 1 rings (SSSR count). The lowest BCUT2D eigenvalue weighted by atomic mass is 10.2. The van der Waals surface area contributed by atoms with E-state index >= 15 is 0 Å². The van der Waals surface area contributed by atoms with Crippen LogP contribution in [0, 0.1) is 0 Å². The van der Waals surface area contributed by atoms with Gasteiger partial charge in [-0.15, -0.1) is 11.6 Å². The van der Waals surface area contributed by atoms with Gasteiger partial charge in [0.2, 0.25) is 0 Å². The van der Waals surface area contributed by atoms with E-state index in [-0.39, 0.29) is 25.4 Å². The molecule has 0 radical (unpaired) electrons. The van der Waals surface area contributed by atoms with Gasteiger partial charge >= 0.3 is 11.9 Å². The van der Waals surface area contributed by atoms with Crippen molar-refractivity contribution in [3.63, 3.8) is 0 Å². The summed E-state index contributed by atoms with van der Waals surface area (Å²) in [4.78, 5) is 22.4. The van der Waals surface area contributed by atoms with Gasteiger partial charge in [0, 0.05) is 5.88 Å². The normalized spacial score (nSPS) is 10.0. The van der Waals surface area contributed by atoms with Crippen LogP contribution >= 0.6 is 11.6 Å². The van der Waals surface area contributed by atoms with Crippen molar-refractivity contribution in [3.8, 4) is 0 Å². The number of benzene rings is 1. The van der Waals surface area contributed by atoms with Gasteiger partial charge in [-0.05, 0) is 18.1 Å². The summed E-state index contributed by atoms with van der Waals surface area (Å²) in [5.41, 5.74) is 1.90. The van der Waals surface area contributed by atoms with Crippen molar-refractivity contribution in [1.29, 1.82) is 0 Å². The second-order valence-electron chi connectivity index (χ2n) is 3.92. The van der Waals surface area contributed by atoms with Crippen molar-refractivity contribution in [2.24, 2.45) is 0 Å². The van der Waals surface area contributed by atoms with Gasteiger partial charge in [0.15, 0.2) is 0 Å². The Hall–Kier alpha value is -1.55. The van der Waals surface area contributed by atoms with Crippen LogP contribution in [-0.2, 0) is 31.5 Å². The number of rotatable bonds is 7. The third kappa shape index (κ3) is 6.25. The SMILES string of the molecule is CCOC(=O)CCC(=O)OCc1ccc(CCl)cc1. The third-order valence-electron chi connectivity index (χ3n) is 2.42. The maximum Gasteiger partial charge on any atom is 0.306 e. The van der Waals surface area contributed by atoms with E-state index in [0.29, 0.717) is 12.5 Å². The lowest BCUT2D eigenvalue weighted by Gasteiger charge is -2.05. The highest BCUT2D eigenvalue weighted by Crippen LogP contribution is 2.08. The number of alkyl halides is 1. The molecule has 0 atom stereocenters. The summed E-state index contributed by atoms with van der Waals surface area (Å²) in [7, 11) is 0. The minimum absolute atomic E-state index is 0.0403. The molecule has 0 unspecified atom stereocenters. The minimum atomic E-state index is -0.408. The molecule has 0 aliphatic heterocycles. The van der Waals surface area contributed by atoms with Crippen molar-refractivity contribution in [1.82, 2.24) is 0 Å². The lowest BCUT2D eigenvalue weighted by molar-refractivity contribution is -0.150. The van der Waals surface area contributed by atoms with Gasteiger partial charge in [0.25, 0.3) is 0 Å². The topological polar surface area (TPSA) is 52.6 Å². The predicted octanol–water partition coefficient (Wildman–Crippen LogP) is 2.81. The summed E-state index contributed by atoms with van der Waals surface area (Å²) in [6.07, 6.45) is 0.0937. The Balaban J connectivity index is 2.27. The first-order valence-electron chi connectivity index (χ1n) is 6.10. The Morgan fingerprint density at radius 1 is 1.00 bits per heavy atom. The first-order valence-corrected chi connectivity index (χ1v) is 6.64. The van der Waals surface area contributed by atoms with E-state index < -0.39 is 5.97 Å². The maximum atomic E-state index is 11.4. The van der Waals surface area contributed by atoms with E-state index in [1.807, 2.05) is 24.3 Å². The van der Waals surface area contributed by atoms with Gasteiger partial charge in [-0.2, -0.15) is 0 Å². The summed E-state index contributed by atoms with van der Waals surface area (Å²) in [6, 6.07) is 7.48. The van der Waals surface area contributed by atoms with Gasteiger partial charge < -0.3 is 9.47 Å². The smallest absolute Gasteiger partial charge is 0.306 e. The Morgan fingerprint density at radius 2 is 1.53 bits per heavy atom. The summed E-state index contributed by atoms with van der Waals surface area (Å²) >= 11 is 5.67. The molecule has 1 aromatic carbocycles. The van der Waals surface area contributed by atoms with E-state index in [1.54, 1.807) is 6.92 Å². The van der Waals surface area contributed by atoms with Crippen LogP contribution in [0.4, 0.5) is 0 Å². The molecule has 0 aromatic heterocycles. The highest BCUT2D eigenvalue weighted by Gasteiger charge is 2.08. The second-order valence-corrected chi connectivity index (χ2v) is 4.18. The largest absolute Gasteiger partial charge is 0.466 e. The fourth-order valence-electron chi connectivity index (χ4n) is 1.40. The number of carbonyl (C=O) groups excluding carboxylic acids is 2. The van der Waals surface area contributed by atoms with Gasteiger partial charge in [-0.25, -0.2) is 0 Å². The molecule has 0 amide bonds. The zero-order valence-electron chi connectivity index (χ0n) is 10.9. The van der Waals surface area contributed by atoms with E-state index in [2.05, 4.69) is 0 Å². The summed E-state index contributed by atoms with van der Waals surface area (Å²) in [5, 5.41) is 0. The van der Waals surface area contributed by atoms with Crippen LogP contribution in [0.5, 0.6) is 0 Å². The number of esters is 2. The van der Waals surface area contributed by atoms with Crippen LogP contribution in [0.3, 0.4) is 0 Å². The lowest BCUT2D eigenvalue weighted by Crippen LogP contribution is -2.10. The average molecular weight is 285 g/mol. The number of carbonyl (C=O) groups is 2. The van der Waals surface area contributed by atoms with Gasteiger partial charge in [0.05, 0.1) is 19.4 Å². The summed E-state index contributed by atoms with van der Waals surface area (Å²) < 4.78 is 9.77. The molecule has 0 saturated carbocycles. The molecular formula is C14H17ClO4. The second kappa shape index (κ2) is 8.53. The monoisotopic (exact) mass is 284 g/mol. The van der Waals surface area contributed by atoms with Crippen molar-refractivity contribution < 1.29 is 19.1 Å². The van der Waals surface area contributed by atoms with Gasteiger partial charge in [0.1, 0.15) is 6.61 Å². The van der Waals surface area contributed by atoms with Crippen LogP contribution in [0.25, 0.3) is 0 Å². The molecule has 0 aliphatic carbocycles. The van der Waals surface area contributed by atoms with Gasteiger partial charge in [-0.3, -0.25) is 9.59 Å². The summed E-state index contributed by atoms with van der Waals surface area (Å²) in [5.74, 6) is -0.333. The predicted molar refractivity (Wildman–Crippen MR) is 71.7 cm³/mol. The molecule has 0 fully saturated rings. The van der Waals surface area contributed by atoms with Crippen molar-refractivity contribution >= 4 is 23.5 Å². The van der Waals surface area contributed by atoms with Crippen LogP contribution in [0.1, 0.15) is 30.9 Å². The minimum Gasteiger partial charge on any atom is -0.466 e. The standard InChI is InChI=1S/C14H17ClO4/c1-2-18-13(16)7-8-14(17)19-10-12-5-3-11(9-15)4-6-12/h3-6H,2,7-10H2,1H3. The first kappa shape index (κ1) is 15.5. The van der Waals surface area contributed by atoms with E-state index in [1.165, 1.54) is 0 Å². The molecule has 0 saturated heterocycles. The molecule has 1 aromatic rings. The Morgan fingerprint density at radius 3 is 2.05 bits per heavy atom. The van der Waals surface area contributed by atoms with E-state index in [9.17, 15) is 9.59 Å². The molecule has 0 spiro atoms. The van der Waals surface area contributed by atoms with Crippen LogP contribution < -0.4 is 0 Å². The van der Waals surface area contributed by atoms with Crippen LogP contribution in [0.2, 0.25) is 0 Å². The quantitative estimate of drug-likeness (QED) is 0.571. The molecule has 0 bridgehead atoms.